The monoisotopic (exact) mass is 512 g/mol. The molecular formula is C26H40O10. The van der Waals surface area contributed by atoms with Crippen LogP contribution in [-0.4, -0.2) is 93.9 Å². The molecule has 1 spiro atoms. The van der Waals surface area contributed by atoms with Crippen LogP contribution >= 0.6 is 0 Å². The second-order valence-electron chi connectivity index (χ2n) is 13.0. The van der Waals surface area contributed by atoms with E-state index in [0.717, 1.165) is 38.5 Å². The van der Waals surface area contributed by atoms with E-state index < -0.39 is 54.6 Å². The largest absolute Gasteiger partial charge is 0.435 e. The number of hydrogen-bond acceptors (Lipinski definition) is 10. The molecule has 6 rings (SSSR count). The number of aliphatic hydroxyl groups excluding tert-OH is 4. The molecule has 5 N–H and O–H groups in total. The number of ether oxygens (including phenoxy) is 4. The summed E-state index contributed by atoms with van der Waals surface area (Å²) < 4.78 is 23.5. The predicted octanol–water partition coefficient (Wildman–Crippen LogP) is 0.0662. The molecule has 13 atom stereocenters. The lowest BCUT2D eigenvalue weighted by Gasteiger charge is -2.55. The molecular weight excluding hydrogens is 472 g/mol. The highest BCUT2D eigenvalue weighted by Crippen LogP contribution is 2.71. The molecule has 3 saturated heterocycles. The Morgan fingerprint density at radius 1 is 1.08 bits per heavy atom. The topological polar surface area (TPSA) is 155 Å². The fourth-order valence-electron chi connectivity index (χ4n) is 9.45. The van der Waals surface area contributed by atoms with Crippen molar-refractivity contribution in [3.8, 4) is 0 Å². The van der Waals surface area contributed by atoms with Crippen molar-refractivity contribution in [2.45, 2.75) is 101 Å². The molecule has 0 unspecified atom stereocenters. The molecule has 0 amide bonds. The Morgan fingerprint density at radius 2 is 1.86 bits per heavy atom. The molecule has 3 heterocycles. The second kappa shape index (κ2) is 8.32. The first-order valence-corrected chi connectivity index (χ1v) is 13.4. The normalized spacial score (nSPS) is 58.1. The molecule has 2 bridgehead atoms. The molecule has 204 valence electrons. The third-order valence-corrected chi connectivity index (χ3v) is 11.1. The van der Waals surface area contributed by atoms with Gasteiger partial charge in [0, 0.05) is 11.3 Å². The van der Waals surface area contributed by atoms with Crippen molar-refractivity contribution in [2.75, 3.05) is 19.8 Å². The molecule has 3 saturated carbocycles. The van der Waals surface area contributed by atoms with Crippen molar-refractivity contribution in [2.24, 2.45) is 34.0 Å². The van der Waals surface area contributed by atoms with Gasteiger partial charge in [-0.15, -0.1) is 0 Å². The van der Waals surface area contributed by atoms with Gasteiger partial charge in [0.2, 0.25) is 6.29 Å². The molecule has 6 fully saturated rings. The van der Waals surface area contributed by atoms with Crippen molar-refractivity contribution < 1.29 is 49.3 Å². The number of hydrogen-bond donors (Lipinski definition) is 5. The SMILES string of the molecule is C[C@]12CCC[C@@]3(C)C(=O)O[C@H](OC[C@@]45C[C@@H](CC[C@H]41)[C@@](O)(CO[C@@H]1O[C@H](CO)[C@@H](O)[C@H](O)[C@H]1O)C5)[C@@H]23. The Balaban J connectivity index is 1.24. The Labute approximate surface area is 210 Å². The smallest absolute Gasteiger partial charge is 0.314 e. The zero-order chi connectivity index (χ0) is 25.7. The Bertz CT molecular complexity index is 898. The summed E-state index contributed by atoms with van der Waals surface area (Å²) in [6, 6.07) is 0. The van der Waals surface area contributed by atoms with Gasteiger partial charge in [0.1, 0.15) is 24.4 Å². The summed E-state index contributed by atoms with van der Waals surface area (Å²) in [6.07, 6.45) is -1.62. The van der Waals surface area contributed by atoms with E-state index in [9.17, 15) is 30.3 Å². The van der Waals surface area contributed by atoms with Crippen LogP contribution in [0.15, 0.2) is 0 Å². The van der Waals surface area contributed by atoms with Crippen LogP contribution in [0.3, 0.4) is 0 Å². The minimum Gasteiger partial charge on any atom is -0.435 e. The third kappa shape index (κ3) is 3.35. The van der Waals surface area contributed by atoms with E-state index in [1.165, 1.54) is 0 Å². The van der Waals surface area contributed by atoms with Gasteiger partial charge < -0.3 is 44.5 Å². The zero-order valence-corrected chi connectivity index (χ0v) is 21.0. The first kappa shape index (κ1) is 25.4. The molecule has 3 aliphatic heterocycles. The lowest BCUT2D eigenvalue weighted by Crippen LogP contribution is -2.59. The van der Waals surface area contributed by atoms with Crippen LogP contribution in [0.4, 0.5) is 0 Å². The van der Waals surface area contributed by atoms with Gasteiger partial charge in [-0.2, -0.15) is 0 Å². The quantitative estimate of drug-likeness (QED) is 0.327. The van der Waals surface area contributed by atoms with Crippen molar-refractivity contribution >= 4 is 5.97 Å². The summed E-state index contributed by atoms with van der Waals surface area (Å²) in [4.78, 5) is 12.9. The lowest BCUT2D eigenvalue weighted by atomic mass is 9.47. The second-order valence-corrected chi connectivity index (χ2v) is 13.0. The summed E-state index contributed by atoms with van der Waals surface area (Å²) in [5.74, 6) is 0.0862. The van der Waals surface area contributed by atoms with Gasteiger partial charge in [0.05, 0.1) is 30.8 Å². The highest BCUT2D eigenvalue weighted by molar-refractivity contribution is 5.79. The average molecular weight is 513 g/mol. The van der Waals surface area contributed by atoms with Crippen LogP contribution in [-0.2, 0) is 23.7 Å². The Kier molecular flexibility index (Phi) is 5.88. The number of carbonyl (C=O) groups is 1. The average Bonchev–Trinajstić information content (AvgIpc) is 3.18. The minimum absolute atomic E-state index is 0.00812. The van der Waals surface area contributed by atoms with Gasteiger partial charge in [-0.05, 0) is 62.7 Å². The molecule has 3 aliphatic carbocycles. The Hall–Kier alpha value is -0.850. The standard InChI is InChI=1S/C26H40O10/c1-23-6-3-7-24(2)19(23)21(36-22(24)31)33-11-25-8-13(4-5-15(23)25)26(32,10-25)12-34-20-18(30)17(29)16(28)14(9-27)35-20/h13-21,27-30,32H,3-12H2,1-2H3/t13-,14-,15+,16-,17+,18-,19+,20-,21+,23+,24-,25+,26+/m1/s1. The van der Waals surface area contributed by atoms with Gasteiger partial charge in [-0.1, -0.05) is 13.3 Å². The summed E-state index contributed by atoms with van der Waals surface area (Å²) in [6.45, 7) is 4.10. The fraction of sp³-hybridized carbons (Fsp3) is 0.962. The number of carbonyl (C=O) groups excluding carboxylic acids is 1. The van der Waals surface area contributed by atoms with E-state index >= 15 is 0 Å². The van der Waals surface area contributed by atoms with Gasteiger partial charge in [-0.25, -0.2) is 0 Å². The van der Waals surface area contributed by atoms with Gasteiger partial charge >= 0.3 is 5.97 Å². The van der Waals surface area contributed by atoms with E-state index in [1.54, 1.807) is 0 Å². The molecule has 36 heavy (non-hydrogen) atoms. The predicted molar refractivity (Wildman–Crippen MR) is 122 cm³/mol. The van der Waals surface area contributed by atoms with Crippen molar-refractivity contribution in [1.29, 1.82) is 0 Å². The lowest BCUT2D eigenvalue weighted by molar-refractivity contribution is -0.310. The highest BCUT2D eigenvalue weighted by atomic mass is 16.7. The minimum atomic E-state index is -1.53. The number of aliphatic hydroxyl groups is 5. The van der Waals surface area contributed by atoms with Crippen LogP contribution in [0.5, 0.6) is 0 Å². The van der Waals surface area contributed by atoms with Gasteiger partial charge in [-0.3, -0.25) is 4.79 Å². The van der Waals surface area contributed by atoms with Crippen LogP contribution in [0, 0.1) is 34.0 Å². The fourth-order valence-corrected chi connectivity index (χ4v) is 9.45. The summed E-state index contributed by atoms with van der Waals surface area (Å²) in [5, 5.41) is 51.9. The van der Waals surface area contributed by atoms with Crippen molar-refractivity contribution in [3.63, 3.8) is 0 Å². The maximum absolute atomic E-state index is 12.9. The molecule has 0 aromatic rings. The number of fused-ring (bicyclic) bond motifs is 2. The molecule has 0 aromatic heterocycles. The first-order chi connectivity index (χ1) is 17.0. The van der Waals surface area contributed by atoms with E-state index in [4.69, 9.17) is 18.9 Å². The molecule has 10 nitrogen and oxygen atoms in total. The van der Waals surface area contributed by atoms with Crippen molar-refractivity contribution in [3.05, 3.63) is 0 Å². The highest BCUT2D eigenvalue weighted by Gasteiger charge is 2.72. The van der Waals surface area contributed by atoms with Crippen LogP contribution in [0.25, 0.3) is 0 Å². The van der Waals surface area contributed by atoms with E-state index in [2.05, 4.69) is 6.92 Å². The summed E-state index contributed by atoms with van der Waals surface area (Å²) in [5.41, 5.74) is -2.14. The van der Waals surface area contributed by atoms with E-state index in [0.29, 0.717) is 13.0 Å². The zero-order valence-electron chi connectivity index (χ0n) is 21.0. The van der Waals surface area contributed by atoms with Gasteiger partial charge in [0.25, 0.3) is 0 Å². The van der Waals surface area contributed by atoms with Crippen molar-refractivity contribution in [1.82, 2.24) is 0 Å². The maximum atomic E-state index is 12.9. The van der Waals surface area contributed by atoms with Crippen LogP contribution < -0.4 is 0 Å². The summed E-state index contributed by atoms with van der Waals surface area (Å²) >= 11 is 0. The third-order valence-electron chi connectivity index (χ3n) is 11.1. The first-order valence-electron chi connectivity index (χ1n) is 13.4. The Morgan fingerprint density at radius 3 is 2.61 bits per heavy atom. The van der Waals surface area contributed by atoms with Crippen LogP contribution in [0.2, 0.25) is 0 Å². The van der Waals surface area contributed by atoms with Crippen LogP contribution in [0.1, 0.15) is 58.8 Å². The molecule has 0 radical (unpaired) electrons. The molecule has 6 aliphatic rings. The molecule has 0 aromatic carbocycles. The number of esters is 1. The van der Waals surface area contributed by atoms with E-state index in [-0.39, 0.29) is 41.2 Å². The number of rotatable bonds is 4. The summed E-state index contributed by atoms with van der Waals surface area (Å²) in [7, 11) is 0. The maximum Gasteiger partial charge on any atom is 0.314 e. The molecule has 10 heteroatoms. The van der Waals surface area contributed by atoms with Gasteiger partial charge in [0.15, 0.2) is 6.29 Å². The van der Waals surface area contributed by atoms with E-state index in [1.807, 2.05) is 6.92 Å².